The molecule has 0 saturated heterocycles. The van der Waals surface area contributed by atoms with Gasteiger partial charge in [-0.25, -0.2) is 4.98 Å². The first-order valence-electron chi connectivity index (χ1n) is 7.60. The van der Waals surface area contributed by atoms with Crippen molar-refractivity contribution in [3.8, 4) is 17.2 Å². The summed E-state index contributed by atoms with van der Waals surface area (Å²) in [5.41, 5.74) is 3.87. The minimum atomic E-state index is 0.113. The molecule has 1 heterocycles. The van der Waals surface area contributed by atoms with E-state index in [1.165, 1.54) is 5.56 Å². The van der Waals surface area contributed by atoms with Crippen molar-refractivity contribution in [2.75, 3.05) is 5.32 Å². The van der Waals surface area contributed by atoms with E-state index in [-0.39, 0.29) is 6.04 Å². The second-order valence-corrected chi connectivity index (χ2v) is 5.43. The number of benzene rings is 2. The molecule has 2 aromatic carbocycles. The molecule has 0 unspecified atom stereocenters. The number of aromatic nitrogens is 1. The van der Waals surface area contributed by atoms with Gasteiger partial charge in [-0.3, -0.25) is 5.32 Å². The maximum Gasteiger partial charge on any atom is 0.290 e. The minimum Gasteiger partial charge on any atom is -0.267 e. The van der Waals surface area contributed by atoms with E-state index in [2.05, 4.69) is 35.4 Å². The lowest BCUT2D eigenvalue weighted by Gasteiger charge is -2.10. The van der Waals surface area contributed by atoms with Crippen LogP contribution in [0.1, 0.15) is 24.1 Å². The van der Waals surface area contributed by atoms with E-state index in [1.54, 1.807) is 0 Å². The smallest absolute Gasteiger partial charge is 0.267 e. The number of anilines is 1. The van der Waals surface area contributed by atoms with Crippen molar-refractivity contribution in [1.82, 2.24) is 0 Å². The minimum absolute atomic E-state index is 0.113. The molecule has 0 saturated carbocycles. The van der Waals surface area contributed by atoms with Crippen molar-refractivity contribution in [2.24, 2.45) is 0 Å². The third-order valence-electron chi connectivity index (χ3n) is 3.83. The van der Waals surface area contributed by atoms with Gasteiger partial charge in [0.1, 0.15) is 17.7 Å². The highest BCUT2D eigenvalue weighted by Crippen LogP contribution is 2.23. The number of H-pyrrole nitrogens is 1. The van der Waals surface area contributed by atoms with Crippen molar-refractivity contribution in [2.45, 2.75) is 13.0 Å². The Morgan fingerprint density at radius 2 is 1.61 bits per heavy atom. The molecule has 0 aliphatic carbocycles. The first kappa shape index (κ1) is 14.8. The lowest BCUT2D eigenvalue weighted by molar-refractivity contribution is -0.360. The quantitative estimate of drug-likeness (QED) is 0.784. The maximum absolute atomic E-state index is 9.46. The Morgan fingerprint density at radius 1 is 0.957 bits per heavy atom. The highest BCUT2D eigenvalue weighted by atomic mass is 15.0. The Bertz CT molecular complexity index is 821. The van der Waals surface area contributed by atoms with Crippen LogP contribution in [0.15, 0.2) is 72.9 Å². The summed E-state index contributed by atoms with van der Waals surface area (Å²) in [5, 5.41) is 12.8. The second-order valence-electron chi connectivity index (χ2n) is 5.43. The third kappa shape index (κ3) is 3.38. The van der Waals surface area contributed by atoms with Gasteiger partial charge in [-0.2, -0.15) is 5.26 Å². The standard InChI is InChI=1S/C20H17N3/c1-15(16-8-4-2-5-9-16)23-20-18(13-21)12-19(14-22-20)17-10-6-3-7-11-17/h2-12,14-15H,1H3,(H,22,23)/p+1/t15-/m0/s1. The molecule has 112 valence electrons. The second kappa shape index (κ2) is 6.76. The van der Waals surface area contributed by atoms with Gasteiger partial charge in [0, 0.05) is 5.56 Å². The van der Waals surface area contributed by atoms with E-state index in [0.29, 0.717) is 5.56 Å². The number of pyridine rings is 1. The van der Waals surface area contributed by atoms with Gasteiger partial charge in [-0.05, 0) is 24.1 Å². The van der Waals surface area contributed by atoms with Crippen molar-refractivity contribution < 1.29 is 4.98 Å². The summed E-state index contributed by atoms with van der Waals surface area (Å²) in [7, 11) is 0. The molecule has 0 aliphatic rings. The lowest BCUT2D eigenvalue weighted by Crippen LogP contribution is -2.18. The monoisotopic (exact) mass is 300 g/mol. The summed E-state index contributed by atoms with van der Waals surface area (Å²) in [4.78, 5) is 3.22. The van der Waals surface area contributed by atoms with Crippen LogP contribution in [0.5, 0.6) is 0 Å². The topological polar surface area (TPSA) is 50.0 Å². The number of aromatic amines is 1. The van der Waals surface area contributed by atoms with E-state index in [9.17, 15) is 5.26 Å². The molecule has 3 rings (SSSR count). The molecule has 0 bridgehead atoms. The van der Waals surface area contributed by atoms with Gasteiger partial charge >= 0.3 is 0 Å². The Hall–Kier alpha value is -3.12. The molecule has 0 spiro atoms. The summed E-state index contributed by atoms with van der Waals surface area (Å²) in [6.07, 6.45) is 1.93. The zero-order valence-corrected chi connectivity index (χ0v) is 13.0. The summed E-state index contributed by atoms with van der Waals surface area (Å²) in [6.45, 7) is 2.08. The van der Waals surface area contributed by atoms with Crippen LogP contribution in [0.2, 0.25) is 0 Å². The Balaban J connectivity index is 1.88. The highest BCUT2D eigenvalue weighted by Gasteiger charge is 2.16. The summed E-state index contributed by atoms with van der Waals surface area (Å²) < 4.78 is 0. The molecule has 23 heavy (non-hydrogen) atoms. The molecular weight excluding hydrogens is 282 g/mol. The van der Waals surface area contributed by atoms with Crippen molar-refractivity contribution in [3.63, 3.8) is 0 Å². The van der Waals surface area contributed by atoms with Crippen molar-refractivity contribution in [3.05, 3.63) is 84.1 Å². The average Bonchev–Trinajstić information content (AvgIpc) is 2.63. The highest BCUT2D eigenvalue weighted by molar-refractivity contribution is 5.65. The summed E-state index contributed by atoms with van der Waals surface area (Å²) in [6, 6.07) is 24.5. The van der Waals surface area contributed by atoms with Gasteiger partial charge < -0.3 is 0 Å². The van der Waals surface area contributed by atoms with Gasteiger partial charge in [0.2, 0.25) is 0 Å². The maximum atomic E-state index is 9.46. The fourth-order valence-electron chi connectivity index (χ4n) is 2.54. The van der Waals surface area contributed by atoms with Crippen LogP contribution in [0, 0.1) is 11.3 Å². The van der Waals surface area contributed by atoms with Crippen LogP contribution in [0.3, 0.4) is 0 Å². The number of hydrogen-bond donors (Lipinski definition) is 1. The first-order valence-corrected chi connectivity index (χ1v) is 7.60. The third-order valence-corrected chi connectivity index (χ3v) is 3.83. The molecule has 0 fully saturated rings. The van der Waals surface area contributed by atoms with Crippen LogP contribution >= 0.6 is 0 Å². The zero-order valence-electron chi connectivity index (χ0n) is 13.0. The lowest BCUT2D eigenvalue weighted by atomic mass is 10.1. The van der Waals surface area contributed by atoms with E-state index in [4.69, 9.17) is 0 Å². The van der Waals surface area contributed by atoms with Gasteiger partial charge in [0.25, 0.3) is 5.82 Å². The molecule has 0 radical (unpaired) electrons. The average molecular weight is 300 g/mol. The Kier molecular flexibility index (Phi) is 4.35. The normalized spacial score (nSPS) is 11.5. The number of rotatable bonds is 4. The first-order chi connectivity index (χ1) is 11.3. The molecule has 0 aliphatic heterocycles. The fourth-order valence-corrected chi connectivity index (χ4v) is 2.54. The van der Waals surface area contributed by atoms with Crippen LogP contribution in [-0.2, 0) is 0 Å². The van der Waals surface area contributed by atoms with E-state index in [0.717, 1.165) is 16.9 Å². The van der Waals surface area contributed by atoms with Gasteiger partial charge in [0.15, 0.2) is 0 Å². The van der Waals surface area contributed by atoms with E-state index < -0.39 is 0 Å². The Labute approximate surface area is 136 Å². The predicted molar refractivity (Wildman–Crippen MR) is 91.6 cm³/mol. The van der Waals surface area contributed by atoms with Crippen LogP contribution in [0.4, 0.5) is 5.82 Å². The van der Waals surface area contributed by atoms with E-state index >= 15 is 0 Å². The predicted octanol–water partition coefficient (Wildman–Crippen LogP) is 4.21. The molecule has 1 atom stereocenters. The molecule has 1 aromatic heterocycles. The molecular formula is C20H18N3+. The molecule has 3 heteroatoms. The van der Waals surface area contributed by atoms with Crippen molar-refractivity contribution in [1.29, 1.82) is 5.26 Å². The molecule has 3 aromatic rings. The number of nitriles is 1. The molecule has 0 amide bonds. The summed E-state index contributed by atoms with van der Waals surface area (Å²) in [5.74, 6) is 0.739. The van der Waals surface area contributed by atoms with Crippen LogP contribution < -0.4 is 10.3 Å². The largest absolute Gasteiger partial charge is 0.290 e. The van der Waals surface area contributed by atoms with E-state index in [1.807, 2.05) is 60.8 Å². The number of nitrogens with zero attached hydrogens (tertiary/aromatic N) is 1. The number of hydrogen-bond acceptors (Lipinski definition) is 2. The molecule has 2 N–H and O–H groups in total. The molecule has 3 nitrogen and oxygen atoms in total. The van der Waals surface area contributed by atoms with Crippen molar-refractivity contribution >= 4 is 5.82 Å². The number of nitrogens with one attached hydrogen (secondary N) is 2. The van der Waals surface area contributed by atoms with Crippen LogP contribution in [-0.4, -0.2) is 0 Å². The van der Waals surface area contributed by atoms with Gasteiger partial charge in [-0.1, -0.05) is 60.7 Å². The SMILES string of the molecule is C[C@H](Nc1[nH+]cc(-c2ccccc2)cc1C#N)c1ccccc1. The van der Waals surface area contributed by atoms with Gasteiger partial charge in [-0.15, -0.1) is 0 Å². The Morgan fingerprint density at radius 3 is 2.26 bits per heavy atom. The fraction of sp³-hybridized carbons (Fsp3) is 0.100. The van der Waals surface area contributed by atoms with Crippen LogP contribution in [0.25, 0.3) is 11.1 Å². The summed E-state index contributed by atoms with van der Waals surface area (Å²) >= 11 is 0. The van der Waals surface area contributed by atoms with Gasteiger partial charge in [0.05, 0.1) is 6.20 Å². The zero-order chi connectivity index (χ0) is 16.1.